The van der Waals surface area contributed by atoms with Gasteiger partial charge >= 0.3 is 10.2 Å². The minimum atomic E-state index is -3.77. The van der Waals surface area contributed by atoms with E-state index < -0.39 is 10.2 Å². The SMILES string of the molecule is O=S(=O)(Nc1noc2cc(OCC3CCCC3)c(Cl)cc12)N1CCC(OC2CCNC2)CC1. The van der Waals surface area contributed by atoms with E-state index in [0.29, 0.717) is 60.2 Å². The maximum atomic E-state index is 13.0. The molecule has 0 bridgehead atoms. The summed E-state index contributed by atoms with van der Waals surface area (Å²) in [6, 6.07) is 3.32. The number of hydrogen-bond acceptors (Lipinski definition) is 7. The predicted octanol–water partition coefficient (Wildman–Crippen LogP) is 3.55. The number of fused-ring (bicyclic) bond motifs is 1. The van der Waals surface area contributed by atoms with E-state index in [1.165, 1.54) is 30.0 Å². The number of nitrogens with zero attached hydrogens (tertiary/aromatic N) is 2. The summed E-state index contributed by atoms with van der Waals surface area (Å²) in [4.78, 5) is 0. The highest BCUT2D eigenvalue weighted by molar-refractivity contribution is 7.90. The molecule has 2 N–H and O–H groups in total. The number of ether oxygens (including phenoxy) is 2. The molecular weight excluding hydrogens is 468 g/mol. The summed E-state index contributed by atoms with van der Waals surface area (Å²) in [5.41, 5.74) is 0.427. The lowest BCUT2D eigenvalue weighted by molar-refractivity contribution is -0.0243. The zero-order valence-electron chi connectivity index (χ0n) is 18.6. The average Bonchev–Trinajstić information content (AvgIpc) is 3.56. The van der Waals surface area contributed by atoms with Crippen LogP contribution in [0.2, 0.25) is 5.02 Å². The van der Waals surface area contributed by atoms with Crippen molar-refractivity contribution in [3.63, 3.8) is 0 Å². The summed E-state index contributed by atoms with van der Waals surface area (Å²) in [7, 11) is -3.77. The van der Waals surface area contributed by atoms with Gasteiger partial charge in [0.1, 0.15) is 5.75 Å². The maximum absolute atomic E-state index is 13.0. The van der Waals surface area contributed by atoms with Gasteiger partial charge in [0, 0.05) is 25.7 Å². The topological polar surface area (TPSA) is 106 Å². The Kier molecular flexibility index (Phi) is 6.99. The molecule has 182 valence electrons. The molecule has 5 rings (SSSR count). The summed E-state index contributed by atoms with van der Waals surface area (Å²) < 4.78 is 47.3. The minimum Gasteiger partial charge on any atom is -0.492 e. The largest absolute Gasteiger partial charge is 0.492 e. The van der Waals surface area contributed by atoms with Crippen molar-refractivity contribution in [1.29, 1.82) is 0 Å². The number of hydrogen-bond donors (Lipinski definition) is 2. The van der Waals surface area contributed by atoms with Crippen LogP contribution in [0, 0.1) is 5.92 Å². The Labute approximate surface area is 199 Å². The van der Waals surface area contributed by atoms with Gasteiger partial charge in [0.15, 0.2) is 11.4 Å². The first-order valence-electron chi connectivity index (χ1n) is 11.8. The third-order valence-electron chi connectivity index (χ3n) is 6.84. The standard InChI is InChI=1S/C22H31ClN4O5S/c23-19-11-18-20(12-21(19)30-14-15-3-1-2-4-15)32-25-22(18)26-33(28,29)27-9-6-16(7-10-27)31-17-5-8-24-13-17/h11-12,15-17,24H,1-10,13-14H2,(H,25,26). The van der Waals surface area contributed by atoms with Crippen LogP contribution < -0.4 is 14.8 Å². The van der Waals surface area contributed by atoms with Gasteiger partial charge in [-0.1, -0.05) is 29.6 Å². The average molecular weight is 499 g/mol. The lowest BCUT2D eigenvalue weighted by atomic mass is 10.1. The van der Waals surface area contributed by atoms with E-state index in [1.54, 1.807) is 12.1 Å². The third-order valence-corrected chi connectivity index (χ3v) is 8.63. The van der Waals surface area contributed by atoms with E-state index >= 15 is 0 Å². The molecule has 33 heavy (non-hydrogen) atoms. The predicted molar refractivity (Wildman–Crippen MR) is 126 cm³/mol. The van der Waals surface area contributed by atoms with Gasteiger partial charge in [-0.05, 0) is 50.6 Å². The van der Waals surface area contributed by atoms with E-state index in [1.807, 2.05) is 0 Å². The molecule has 2 aromatic rings. The minimum absolute atomic E-state index is 0.0932. The molecule has 2 aliphatic heterocycles. The lowest BCUT2D eigenvalue weighted by Crippen LogP contribution is -2.44. The second-order valence-electron chi connectivity index (χ2n) is 9.23. The first-order valence-corrected chi connectivity index (χ1v) is 13.7. The van der Waals surface area contributed by atoms with Gasteiger partial charge in [-0.3, -0.25) is 4.72 Å². The van der Waals surface area contributed by atoms with Crippen molar-refractivity contribution in [2.75, 3.05) is 37.5 Å². The zero-order chi connectivity index (χ0) is 22.8. The number of benzene rings is 1. The Bertz CT molecular complexity index is 1060. The van der Waals surface area contributed by atoms with E-state index in [-0.39, 0.29) is 18.0 Å². The van der Waals surface area contributed by atoms with Crippen molar-refractivity contribution in [1.82, 2.24) is 14.8 Å². The van der Waals surface area contributed by atoms with Gasteiger partial charge in [0.25, 0.3) is 0 Å². The molecule has 1 aromatic carbocycles. The molecule has 3 fully saturated rings. The highest BCUT2D eigenvalue weighted by Crippen LogP contribution is 2.35. The van der Waals surface area contributed by atoms with Crippen LogP contribution in [0.4, 0.5) is 5.82 Å². The lowest BCUT2D eigenvalue weighted by Gasteiger charge is -2.32. The summed E-state index contributed by atoms with van der Waals surface area (Å²) in [5.74, 6) is 1.21. The highest BCUT2D eigenvalue weighted by atomic mass is 35.5. The maximum Gasteiger partial charge on any atom is 0.302 e. The molecular formula is C22H31ClN4O5S. The monoisotopic (exact) mass is 498 g/mol. The van der Waals surface area contributed by atoms with Gasteiger partial charge in [0.2, 0.25) is 0 Å². The summed E-state index contributed by atoms with van der Waals surface area (Å²) in [6.45, 7) is 3.27. The fourth-order valence-electron chi connectivity index (χ4n) is 4.92. The molecule has 0 spiro atoms. The number of halogens is 1. The number of rotatable bonds is 8. The molecule has 3 heterocycles. The molecule has 1 aromatic heterocycles. The van der Waals surface area contributed by atoms with Crippen molar-refractivity contribution in [3.05, 3.63) is 17.2 Å². The van der Waals surface area contributed by atoms with E-state index in [9.17, 15) is 8.42 Å². The molecule has 1 aliphatic carbocycles. The fraction of sp³-hybridized carbons (Fsp3) is 0.682. The van der Waals surface area contributed by atoms with Gasteiger partial charge < -0.3 is 19.3 Å². The van der Waals surface area contributed by atoms with Crippen LogP contribution in [0.1, 0.15) is 44.9 Å². The number of piperidine rings is 1. The smallest absolute Gasteiger partial charge is 0.302 e. The van der Waals surface area contributed by atoms with Gasteiger partial charge in [-0.2, -0.15) is 12.7 Å². The van der Waals surface area contributed by atoms with E-state index in [0.717, 1.165) is 19.5 Å². The van der Waals surface area contributed by atoms with Crippen LogP contribution >= 0.6 is 11.6 Å². The first kappa shape index (κ1) is 23.2. The Morgan fingerprint density at radius 3 is 2.67 bits per heavy atom. The Morgan fingerprint density at radius 2 is 1.94 bits per heavy atom. The summed E-state index contributed by atoms with van der Waals surface area (Å²) >= 11 is 6.42. The number of aromatic nitrogens is 1. The quantitative estimate of drug-likeness (QED) is 0.573. The molecule has 1 saturated carbocycles. The van der Waals surface area contributed by atoms with Crippen molar-refractivity contribution >= 4 is 38.6 Å². The number of nitrogens with one attached hydrogen (secondary N) is 2. The second kappa shape index (κ2) is 9.95. The highest BCUT2D eigenvalue weighted by Gasteiger charge is 2.31. The fourth-order valence-corrected chi connectivity index (χ4v) is 6.35. The molecule has 1 atom stereocenters. The molecule has 9 nitrogen and oxygen atoms in total. The Balaban J connectivity index is 1.21. The van der Waals surface area contributed by atoms with Gasteiger partial charge in [0.05, 0.1) is 29.2 Å². The number of anilines is 1. The third kappa shape index (κ3) is 5.40. The first-order chi connectivity index (χ1) is 16.0. The molecule has 2 saturated heterocycles. The van der Waals surface area contributed by atoms with Crippen molar-refractivity contribution in [3.8, 4) is 5.75 Å². The van der Waals surface area contributed by atoms with E-state index in [2.05, 4.69) is 15.2 Å². The zero-order valence-corrected chi connectivity index (χ0v) is 20.2. The van der Waals surface area contributed by atoms with Crippen LogP contribution in [-0.4, -0.2) is 62.9 Å². The second-order valence-corrected chi connectivity index (χ2v) is 11.3. The van der Waals surface area contributed by atoms with Crippen molar-refractivity contribution in [2.24, 2.45) is 5.92 Å². The summed E-state index contributed by atoms with van der Waals surface area (Å²) in [6.07, 6.45) is 7.52. The summed E-state index contributed by atoms with van der Waals surface area (Å²) in [5, 5.41) is 8.14. The normalized spacial score (nSPS) is 23.5. The Hall–Kier alpha value is -1.59. The molecule has 0 radical (unpaired) electrons. The van der Waals surface area contributed by atoms with Gasteiger partial charge in [-0.25, -0.2) is 0 Å². The van der Waals surface area contributed by atoms with E-state index in [4.69, 9.17) is 25.6 Å². The molecule has 0 amide bonds. The van der Waals surface area contributed by atoms with Crippen molar-refractivity contribution in [2.45, 2.75) is 57.2 Å². The molecule has 11 heteroatoms. The molecule has 3 aliphatic rings. The van der Waals surface area contributed by atoms with Crippen molar-refractivity contribution < 1.29 is 22.4 Å². The van der Waals surface area contributed by atoms with Gasteiger partial charge in [-0.15, -0.1) is 0 Å². The van der Waals surface area contributed by atoms with Crippen LogP contribution in [0.25, 0.3) is 11.0 Å². The van der Waals surface area contributed by atoms with Crippen LogP contribution in [0.15, 0.2) is 16.7 Å². The Morgan fingerprint density at radius 1 is 1.15 bits per heavy atom. The molecule has 1 unspecified atom stereocenters. The van der Waals surface area contributed by atoms with Crippen LogP contribution in [0.3, 0.4) is 0 Å². The van der Waals surface area contributed by atoms with Crippen LogP contribution in [-0.2, 0) is 14.9 Å². The van der Waals surface area contributed by atoms with Crippen LogP contribution in [0.5, 0.6) is 5.75 Å².